The SMILES string of the molecule is CC/C=C(\C)C(=O)Nc1ccc(C(=O)N(C)C2CCOCC2)cc1. The smallest absolute Gasteiger partial charge is 0.253 e. The second-order valence-corrected chi connectivity index (χ2v) is 6.09. The third-order valence-corrected chi connectivity index (χ3v) is 4.32. The van der Waals surface area contributed by atoms with Crippen molar-refractivity contribution in [1.82, 2.24) is 4.90 Å². The first kappa shape index (κ1) is 18.2. The molecule has 130 valence electrons. The topological polar surface area (TPSA) is 58.6 Å². The Hall–Kier alpha value is -2.14. The number of carbonyl (C=O) groups excluding carboxylic acids is 2. The Morgan fingerprint density at radius 3 is 2.46 bits per heavy atom. The van der Waals surface area contributed by atoms with Crippen molar-refractivity contribution in [3.63, 3.8) is 0 Å². The minimum absolute atomic E-state index is 0.00170. The normalized spacial score (nSPS) is 15.9. The Morgan fingerprint density at radius 2 is 1.88 bits per heavy atom. The van der Waals surface area contributed by atoms with Crippen LogP contribution in [-0.4, -0.2) is 43.0 Å². The molecule has 2 rings (SSSR count). The average molecular weight is 330 g/mol. The highest BCUT2D eigenvalue weighted by Gasteiger charge is 2.23. The fourth-order valence-electron chi connectivity index (χ4n) is 2.77. The molecule has 0 unspecified atom stereocenters. The summed E-state index contributed by atoms with van der Waals surface area (Å²) in [7, 11) is 1.84. The Bertz CT molecular complexity index is 602. The number of hydrogen-bond donors (Lipinski definition) is 1. The van der Waals surface area contributed by atoms with Crippen LogP contribution in [0.5, 0.6) is 0 Å². The van der Waals surface area contributed by atoms with Gasteiger partial charge in [-0.1, -0.05) is 13.0 Å². The molecule has 1 N–H and O–H groups in total. The summed E-state index contributed by atoms with van der Waals surface area (Å²) in [5.41, 5.74) is 2.01. The summed E-state index contributed by atoms with van der Waals surface area (Å²) in [6, 6.07) is 7.27. The summed E-state index contributed by atoms with van der Waals surface area (Å²) in [6.45, 7) is 5.20. The maximum absolute atomic E-state index is 12.6. The van der Waals surface area contributed by atoms with Gasteiger partial charge in [0, 0.05) is 43.1 Å². The van der Waals surface area contributed by atoms with Crippen LogP contribution in [0.4, 0.5) is 5.69 Å². The molecule has 1 aromatic rings. The minimum atomic E-state index is -0.116. The number of benzene rings is 1. The number of rotatable bonds is 5. The molecular weight excluding hydrogens is 304 g/mol. The first-order chi connectivity index (χ1) is 11.5. The summed E-state index contributed by atoms with van der Waals surface area (Å²) in [5, 5.41) is 2.84. The molecular formula is C19H26N2O3. The van der Waals surface area contributed by atoms with Crippen molar-refractivity contribution >= 4 is 17.5 Å². The van der Waals surface area contributed by atoms with E-state index in [2.05, 4.69) is 5.32 Å². The van der Waals surface area contributed by atoms with E-state index in [1.807, 2.05) is 20.0 Å². The van der Waals surface area contributed by atoms with Gasteiger partial charge in [-0.2, -0.15) is 0 Å². The van der Waals surface area contributed by atoms with E-state index in [1.54, 1.807) is 36.1 Å². The molecule has 0 atom stereocenters. The maximum Gasteiger partial charge on any atom is 0.253 e. The van der Waals surface area contributed by atoms with Crippen molar-refractivity contribution < 1.29 is 14.3 Å². The van der Waals surface area contributed by atoms with Gasteiger partial charge in [0.1, 0.15) is 0 Å². The zero-order valence-electron chi connectivity index (χ0n) is 14.7. The third kappa shape index (κ3) is 4.68. The first-order valence-corrected chi connectivity index (χ1v) is 8.46. The Kier molecular flexibility index (Phi) is 6.55. The van der Waals surface area contributed by atoms with Gasteiger partial charge < -0.3 is 15.0 Å². The van der Waals surface area contributed by atoms with Gasteiger partial charge in [0.25, 0.3) is 11.8 Å². The lowest BCUT2D eigenvalue weighted by atomic mass is 10.1. The quantitative estimate of drug-likeness (QED) is 0.843. The minimum Gasteiger partial charge on any atom is -0.381 e. The molecule has 2 amide bonds. The van der Waals surface area contributed by atoms with Crippen LogP contribution in [0, 0.1) is 0 Å². The van der Waals surface area contributed by atoms with E-state index < -0.39 is 0 Å². The Labute approximate surface area is 143 Å². The van der Waals surface area contributed by atoms with Crippen LogP contribution in [0.1, 0.15) is 43.5 Å². The zero-order chi connectivity index (χ0) is 17.5. The summed E-state index contributed by atoms with van der Waals surface area (Å²) in [4.78, 5) is 26.3. The van der Waals surface area contributed by atoms with Gasteiger partial charge in [-0.05, 0) is 50.5 Å². The highest BCUT2D eigenvalue weighted by molar-refractivity contribution is 6.03. The summed E-state index contributed by atoms with van der Waals surface area (Å²) < 4.78 is 5.34. The standard InChI is InChI=1S/C19H26N2O3/c1-4-5-14(2)18(22)20-16-8-6-15(7-9-16)19(23)21(3)17-10-12-24-13-11-17/h5-9,17H,4,10-13H2,1-3H3,(H,20,22)/b14-5+. The van der Waals surface area contributed by atoms with E-state index in [9.17, 15) is 9.59 Å². The molecule has 0 aromatic heterocycles. The number of nitrogens with zero attached hydrogens (tertiary/aromatic N) is 1. The molecule has 1 aliphatic heterocycles. The monoisotopic (exact) mass is 330 g/mol. The molecule has 0 aliphatic carbocycles. The first-order valence-electron chi connectivity index (χ1n) is 8.46. The second-order valence-electron chi connectivity index (χ2n) is 6.09. The largest absolute Gasteiger partial charge is 0.381 e. The van der Waals surface area contributed by atoms with Gasteiger partial charge in [0.05, 0.1) is 0 Å². The molecule has 5 heteroatoms. The van der Waals surface area contributed by atoms with Crippen LogP contribution in [-0.2, 0) is 9.53 Å². The van der Waals surface area contributed by atoms with E-state index in [0.29, 0.717) is 30.0 Å². The van der Waals surface area contributed by atoms with Crippen molar-refractivity contribution in [2.24, 2.45) is 0 Å². The molecule has 24 heavy (non-hydrogen) atoms. The van der Waals surface area contributed by atoms with Crippen LogP contribution >= 0.6 is 0 Å². The van der Waals surface area contributed by atoms with Crippen molar-refractivity contribution in [3.8, 4) is 0 Å². The van der Waals surface area contributed by atoms with E-state index in [4.69, 9.17) is 4.74 Å². The van der Waals surface area contributed by atoms with Gasteiger partial charge in [-0.15, -0.1) is 0 Å². The number of amides is 2. The molecule has 1 aromatic carbocycles. The average Bonchev–Trinajstić information content (AvgIpc) is 2.62. The number of hydrogen-bond acceptors (Lipinski definition) is 3. The molecule has 0 bridgehead atoms. The van der Waals surface area contributed by atoms with Crippen LogP contribution < -0.4 is 5.32 Å². The highest BCUT2D eigenvalue weighted by atomic mass is 16.5. The third-order valence-electron chi connectivity index (χ3n) is 4.32. The van der Waals surface area contributed by atoms with E-state index in [-0.39, 0.29) is 17.9 Å². The number of ether oxygens (including phenoxy) is 1. The second kappa shape index (κ2) is 8.64. The molecule has 5 nitrogen and oxygen atoms in total. The van der Waals surface area contributed by atoms with Crippen LogP contribution in [0.2, 0.25) is 0 Å². The maximum atomic E-state index is 12.6. The number of anilines is 1. The van der Waals surface area contributed by atoms with Crippen molar-refractivity contribution in [2.45, 2.75) is 39.2 Å². The van der Waals surface area contributed by atoms with Gasteiger partial charge >= 0.3 is 0 Å². The lowest BCUT2D eigenvalue weighted by Crippen LogP contribution is -2.40. The van der Waals surface area contributed by atoms with Crippen LogP contribution in [0.15, 0.2) is 35.9 Å². The number of nitrogens with one attached hydrogen (secondary N) is 1. The van der Waals surface area contributed by atoms with E-state index in [1.165, 1.54) is 0 Å². The predicted molar refractivity (Wildman–Crippen MR) is 95.1 cm³/mol. The number of carbonyl (C=O) groups is 2. The molecule has 0 saturated carbocycles. The molecule has 1 fully saturated rings. The van der Waals surface area contributed by atoms with Crippen molar-refractivity contribution in [1.29, 1.82) is 0 Å². The van der Waals surface area contributed by atoms with Crippen LogP contribution in [0.3, 0.4) is 0 Å². The molecule has 0 radical (unpaired) electrons. The molecule has 0 spiro atoms. The predicted octanol–water partition coefficient (Wildman–Crippen LogP) is 3.23. The fourth-order valence-corrected chi connectivity index (χ4v) is 2.77. The van der Waals surface area contributed by atoms with Gasteiger partial charge in [0.15, 0.2) is 0 Å². The van der Waals surface area contributed by atoms with Crippen molar-refractivity contribution in [3.05, 3.63) is 41.5 Å². The Morgan fingerprint density at radius 1 is 1.25 bits per heavy atom. The van der Waals surface area contributed by atoms with Gasteiger partial charge in [0.2, 0.25) is 0 Å². The van der Waals surface area contributed by atoms with E-state index >= 15 is 0 Å². The highest BCUT2D eigenvalue weighted by Crippen LogP contribution is 2.17. The molecule has 1 aliphatic rings. The lowest BCUT2D eigenvalue weighted by Gasteiger charge is -2.31. The van der Waals surface area contributed by atoms with Crippen LogP contribution in [0.25, 0.3) is 0 Å². The zero-order valence-corrected chi connectivity index (χ0v) is 14.7. The van der Waals surface area contributed by atoms with Gasteiger partial charge in [-0.25, -0.2) is 0 Å². The van der Waals surface area contributed by atoms with Crippen molar-refractivity contribution in [2.75, 3.05) is 25.6 Å². The van der Waals surface area contributed by atoms with Gasteiger partial charge in [-0.3, -0.25) is 9.59 Å². The fraction of sp³-hybridized carbons (Fsp3) is 0.474. The summed E-state index contributed by atoms with van der Waals surface area (Å²) in [5.74, 6) is -0.114. The summed E-state index contributed by atoms with van der Waals surface area (Å²) >= 11 is 0. The molecule has 1 heterocycles. The molecule has 1 saturated heterocycles. The number of allylic oxidation sites excluding steroid dienone is 1. The Balaban J connectivity index is 1.99. The van der Waals surface area contributed by atoms with E-state index in [0.717, 1.165) is 19.3 Å². The lowest BCUT2D eigenvalue weighted by molar-refractivity contribution is -0.112. The summed E-state index contributed by atoms with van der Waals surface area (Å²) in [6.07, 6.45) is 4.46.